The lowest BCUT2D eigenvalue weighted by Gasteiger charge is -2.42. The molecule has 2 aliphatic heterocycles. The molecule has 2 amide bonds. The smallest absolute Gasteiger partial charge is 0.321 e. The number of urea groups is 1. The van der Waals surface area contributed by atoms with Gasteiger partial charge in [0.1, 0.15) is 0 Å². The number of benzene rings is 2. The van der Waals surface area contributed by atoms with Crippen molar-refractivity contribution in [3.63, 3.8) is 0 Å². The number of rotatable bonds is 2. The second-order valence-electron chi connectivity index (χ2n) is 8.24. The first-order valence-electron chi connectivity index (χ1n) is 10.3. The van der Waals surface area contributed by atoms with Crippen LogP contribution in [0.15, 0.2) is 65.5 Å². The van der Waals surface area contributed by atoms with Crippen molar-refractivity contribution in [2.75, 3.05) is 18.4 Å². The fourth-order valence-corrected chi connectivity index (χ4v) is 4.95. The Morgan fingerprint density at radius 3 is 2.26 bits per heavy atom. The Labute approximate surface area is 190 Å². The van der Waals surface area contributed by atoms with Gasteiger partial charge in [0.05, 0.1) is 0 Å². The van der Waals surface area contributed by atoms with Crippen LogP contribution in [0.25, 0.3) is 11.1 Å². The normalized spacial score (nSPS) is 19.6. The number of hydrogen-bond donors (Lipinski definition) is 1. The van der Waals surface area contributed by atoms with Gasteiger partial charge in [-0.25, -0.2) is 4.79 Å². The van der Waals surface area contributed by atoms with Gasteiger partial charge in [0.25, 0.3) is 5.56 Å². The van der Waals surface area contributed by atoms with Crippen LogP contribution in [0.3, 0.4) is 0 Å². The minimum Gasteiger partial charge on any atom is -0.324 e. The van der Waals surface area contributed by atoms with E-state index >= 15 is 0 Å². The van der Waals surface area contributed by atoms with Gasteiger partial charge in [0.15, 0.2) is 0 Å². The number of carbonyl (C=O) groups is 1. The van der Waals surface area contributed by atoms with E-state index < -0.39 is 0 Å². The molecule has 2 aliphatic rings. The summed E-state index contributed by atoms with van der Waals surface area (Å²) in [5.41, 5.74) is 3.29. The van der Waals surface area contributed by atoms with Gasteiger partial charge < -0.3 is 14.8 Å². The highest BCUT2D eigenvalue weighted by Gasteiger charge is 2.36. The molecule has 31 heavy (non-hydrogen) atoms. The zero-order chi connectivity index (χ0) is 21.5. The largest absolute Gasteiger partial charge is 0.324 e. The van der Waals surface area contributed by atoms with Gasteiger partial charge in [0, 0.05) is 52.5 Å². The SMILES string of the molecule is O=C(Nc1ccc(Cl)cc1)N1C[C@H]2C[C@H](C1)c1ccc(-c3ccc(Cl)cc3)c(=O)n1C2. The Bertz CT molecular complexity index is 1190. The van der Waals surface area contributed by atoms with Crippen LogP contribution in [0.1, 0.15) is 18.0 Å². The first-order valence-corrected chi connectivity index (χ1v) is 11.0. The number of fused-ring (bicyclic) bond motifs is 4. The topological polar surface area (TPSA) is 54.3 Å². The van der Waals surface area contributed by atoms with E-state index in [1.165, 1.54) is 0 Å². The maximum absolute atomic E-state index is 13.2. The predicted octanol–water partition coefficient (Wildman–Crippen LogP) is 5.47. The summed E-state index contributed by atoms with van der Waals surface area (Å²) >= 11 is 11.9. The average molecular weight is 454 g/mol. The first kappa shape index (κ1) is 20.2. The van der Waals surface area contributed by atoms with E-state index in [1.807, 2.05) is 33.7 Å². The number of nitrogens with zero attached hydrogens (tertiary/aromatic N) is 2. The molecule has 0 unspecified atom stereocenters. The summed E-state index contributed by atoms with van der Waals surface area (Å²) in [4.78, 5) is 27.9. The summed E-state index contributed by atoms with van der Waals surface area (Å²) < 4.78 is 1.90. The molecule has 1 saturated heterocycles. The van der Waals surface area contributed by atoms with Crippen LogP contribution in [0.2, 0.25) is 10.0 Å². The van der Waals surface area contributed by atoms with Crippen LogP contribution in [0, 0.1) is 5.92 Å². The van der Waals surface area contributed by atoms with Gasteiger partial charge in [-0.3, -0.25) is 4.79 Å². The summed E-state index contributed by atoms with van der Waals surface area (Å²) in [7, 11) is 0. The lowest BCUT2D eigenvalue weighted by Crippen LogP contribution is -2.50. The third-order valence-corrected chi connectivity index (χ3v) is 6.65. The van der Waals surface area contributed by atoms with E-state index in [0.29, 0.717) is 40.9 Å². The molecule has 3 aromatic rings. The molecule has 158 valence electrons. The molecule has 1 fully saturated rings. The van der Waals surface area contributed by atoms with E-state index in [1.54, 1.807) is 36.4 Å². The van der Waals surface area contributed by atoms with Crippen LogP contribution >= 0.6 is 23.2 Å². The maximum Gasteiger partial charge on any atom is 0.321 e. The third-order valence-electron chi connectivity index (χ3n) is 6.14. The van der Waals surface area contributed by atoms with Crippen LogP contribution in [0.4, 0.5) is 10.5 Å². The molecule has 1 N–H and O–H groups in total. The van der Waals surface area contributed by atoms with Gasteiger partial charge in [-0.15, -0.1) is 0 Å². The number of pyridine rings is 1. The van der Waals surface area contributed by atoms with E-state index in [4.69, 9.17) is 23.2 Å². The monoisotopic (exact) mass is 453 g/mol. The molecule has 0 saturated carbocycles. The Morgan fingerprint density at radius 1 is 0.871 bits per heavy atom. The molecular weight excluding hydrogens is 433 g/mol. The number of likely N-dealkylation sites (tertiary alicyclic amines) is 1. The van der Waals surface area contributed by atoms with Gasteiger partial charge in [0.2, 0.25) is 0 Å². The summed E-state index contributed by atoms with van der Waals surface area (Å²) in [6.45, 7) is 1.85. The number of carbonyl (C=O) groups excluding carboxylic acids is 1. The van der Waals surface area contributed by atoms with Crippen molar-refractivity contribution in [1.82, 2.24) is 9.47 Å². The number of piperidine rings is 1. The molecule has 0 spiro atoms. The minimum absolute atomic E-state index is 0.0218. The molecule has 5 rings (SSSR count). The second kappa shape index (κ2) is 8.06. The Morgan fingerprint density at radius 2 is 1.55 bits per heavy atom. The highest BCUT2D eigenvalue weighted by molar-refractivity contribution is 6.30. The van der Waals surface area contributed by atoms with Crippen LogP contribution in [-0.2, 0) is 6.54 Å². The molecular formula is C24H21Cl2N3O2. The number of hydrogen-bond acceptors (Lipinski definition) is 2. The van der Waals surface area contributed by atoms with E-state index in [2.05, 4.69) is 5.32 Å². The van der Waals surface area contributed by atoms with Gasteiger partial charge in [-0.2, -0.15) is 0 Å². The molecule has 1 aromatic heterocycles. The van der Waals surface area contributed by atoms with E-state index in [9.17, 15) is 9.59 Å². The quantitative estimate of drug-likeness (QED) is 0.558. The molecule has 7 heteroatoms. The number of halogens is 2. The Kier molecular flexibility index (Phi) is 5.24. The third kappa shape index (κ3) is 3.95. The van der Waals surface area contributed by atoms with Crippen LogP contribution in [0.5, 0.6) is 0 Å². The minimum atomic E-state index is -0.120. The van der Waals surface area contributed by atoms with Crippen LogP contribution in [-0.4, -0.2) is 28.6 Å². The summed E-state index contributed by atoms with van der Waals surface area (Å²) in [6, 6.07) is 18.2. The standard InChI is InChI=1S/C24H21Cl2N3O2/c25-18-3-1-16(2-4-18)21-9-10-22-17-11-15(13-29(22)23(21)30)12-28(14-17)24(31)27-20-7-5-19(26)6-8-20/h1-10,15,17H,11-14H2,(H,27,31)/t15-,17-/m1/s1. The van der Waals surface area contributed by atoms with Crippen molar-refractivity contribution in [3.8, 4) is 11.1 Å². The predicted molar refractivity (Wildman–Crippen MR) is 124 cm³/mol. The van der Waals surface area contributed by atoms with Crippen molar-refractivity contribution in [2.24, 2.45) is 5.92 Å². The number of amides is 2. The van der Waals surface area contributed by atoms with Crippen molar-refractivity contribution in [2.45, 2.75) is 18.9 Å². The fraction of sp³-hybridized carbons (Fsp3) is 0.250. The summed E-state index contributed by atoms with van der Waals surface area (Å²) in [6.07, 6.45) is 0.991. The molecule has 2 aromatic carbocycles. The van der Waals surface area contributed by atoms with Crippen molar-refractivity contribution in [1.29, 1.82) is 0 Å². The van der Waals surface area contributed by atoms with Gasteiger partial charge in [-0.05, 0) is 66.4 Å². The molecule has 2 bridgehead atoms. The lowest BCUT2D eigenvalue weighted by molar-refractivity contribution is 0.139. The summed E-state index contributed by atoms with van der Waals surface area (Å²) in [5, 5.41) is 4.22. The van der Waals surface area contributed by atoms with E-state index in [0.717, 1.165) is 17.7 Å². The number of nitrogens with one attached hydrogen (secondary N) is 1. The van der Waals surface area contributed by atoms with E-state index in [-0.39, 0.29) is 23.4 Å². The zero-order valence-corrected chi connectivity index (χ0v) is 18.2. The van der Waals surface area contributed by atoms with Crippen molar-refractivity contribution in [3.05, 3.63) is 86.8 Å². The fourth-order valence-electron chi connectivity index (χ4n) is 4.70. The Hall–Kier alpha value is -2.76. The number of anilines is 1. The Balaban J connectivity index is 1.38. The lowest BCUT2D eigenvalue weighted by atomic mass is 9.83. The first-order chi connectivity index (χ1) is 15.0. The second-order valence-corrected chi connectivity index (χ2v) is 9.11. The van der Waals surface area contributed by atoms with Crippen molar-refractivity contribution >= 4 is 34.9 Å². The molecule has 3 heterocycles. The molecule has 0 radical (unpaired) electrons. The average Bonchev–Trinajstić information content (AvgIpc) is 2.77. The zero-order valence-electron chi connectivity index (χ0n) is 16.7. The highest BCUT2D eigenvalue weighted by atomic mass is 35.5. The highest BCUT2D eigenvalue weighted by Crippen LogP contribution is 2.36. The molecule has 0 aliphatic carbocycles. The van der Waals surface area contributed by atoms with Crippen molar-refractivity contribution < 1.29 is 4.79 Å². The molecule has 5 nitrogen and oxygen atoms in total. The number of aromatic nitrogens is 1. The van der Waals surface area contributed by atoms with Crippen LogP contribution < -0.4 is 10.9 Å². The van der Waals surface area contributed by atoms with Gasteiger partial charge in [-0.1, -0.05) is 35.3 Å². The maximum atomic E-state index is 13.2. The summed E-state index contributed by atoms with van der Waals surface area (Å²) in [5.74, 6) is 0.399. The van der Waals surface area contributed by atoms with Gasteiger partial charge >= 0.3 is 6.03 Å². The molecule has 2 atom stereocenters.